The molecule has 9 nitrogen and oxygen atoms in total. The lowest BCUT2D eigenvalue weighted by molar-refractivity contribution is 0.0785. The molecule has 1 unspecified atom stereocenters. The van der Waals surface area contributed by atoms with Crippen LogP contribution in [0.5, 0.6) is 5.75 Å². The summed E-state index contributed by atoms with van der Waals surface area (Å²) in [7, 11) is 1.75. The van der Waals surface area contributed by atoms with Gasteiger partial charge >= 0.3 is 0 Å². The first-order chi connectivity index (χ1) is 19.3. The molecule has 2 aliphatic heterocycles. The quantitative estimate of drug-likeness (QED) is 0.275. The lowest BCUT2D eigenvalue weighted by atomic mass is 10.0. The Kier molecular flexibility index (Phi) is 6.43. The summed E-state index contributed by atoms with van der Waals surface area (Å²) in [4.78, 5) is 25.6. The summed E-state index contributed by atoms with van der Waals surface area (Å²) in [5.74, 6) is -0.357. The van der Waals surface area contributed by atoms with Gasteiger partial charge in [-0.05, 0) is 42.8 Å². The van der Waals surface area contributed by atoms with E-state index in [1.165, 1.54) is 12.1 Å². The van der Waals surface area contributed by atoms with Crippen molar-refractivity contribution in [3.05, 3.63) is 95.9 Å². The van der Waals surface area contributed by atoms with Crippen molar-refractivity contribution >= 4 is 23.1 Å². The number of aliphatic hydroxyl groups excluding tert-OH is 1. The van der Waals surface area contributed by atoms with Crippen LogP contribution >= 0.6 is 0 Å². The van der Waals surface area contributed by atoms with E-state index in [0.29, 0.717) is 53.8 Å². The number of benzene rings is 2. The number of halogens is 2. The Balaban J connectivity index is 1.18. The summed E-state index contributed by atoms with van der Waals surface area (Å²) in [5, 5.41) is 13.8. The zero-order chi connectivity index (χ0) is 28.0. The number of aromatic nitrogens is 3. The lowest BCUT2D eigenvalue weighted by Crippen LogP contribution is -2.46. The maximum absolute atomic E-state index is 13.5. The van der Waals surface area contributed by atoms with Gasteiger partial charge in [-0.15, -0.1) is 0 Å². The van der Waals surface area contributed by atoms with Crippen molar-refractivity contribution < 1.29 is 23.4 Å². The van der Waals surface area contributed by atoms with Crippen molar-refractivity contribution in [3.63, 3.8) is 0 Å². The summed E-state index contributed by atoms with van der Waals surface area (Å²) < 4.78 is 34.3. The van der Waals surface area contributed by atoms with Crippen LogP contribution in [0.3, 0.4) is 0 Å². The predicted molar refractivity (Wildman–Crippen MR) is 146 cm³/mol. The highest BCUT2D eigenvalue weighted by molar-refractivity contribution is 6.05. The summed E-state index contributed by atoms with van der Waals surface area (Å²) in [6, 6.07) is 13.1. The number of hydrogen-bond acceptors (Lipinski definition) is 8. The fourth-order valence-electron chi connectivity index (χ4n) is 5.02. The van der Waals surface area contributed by atoms with Crippen LogP contribution < -0.4 is 19.9 Å². The molecule has 40 heavy (non-hydrogen) atoms. The maximum atomic E-state index is 13.5. The molecule has 2 aliphatic rings. The molecule has 1 saturated heterocycles. The third-order valence-electron chi connectivity index (χ3n) is 7.17. The molecule has 0 radical (unpaired) electrons. The number of piperazine rings is 1. The molecule has 0 aliphatic carbocycles. The summed E-state index contributed by atoms with van der Waals surface area (Å²) in [6.07, 6.45) is 2.41. The topological polar surface area (TPSA) is 95.8 Å². The Labute approximate surface area is 229 Å². The number of Topliss-reactive ketones (excluding diaryl/α,β-unsaturated/α-hetero) is 1. The van der Waals surface area contributed by atoms with Crippen LogP contribution in [0.2, 0.25) is 0 Å². The number of nitrogens with one attached hydrogen (secondary N) is 1. The van der Waals surface area contributed by atoms with Crippen LogP contribution in [-0.4, -0.2) is 51.3 Å². The fourth-order valence-corrected chi connectivity index (χ4v) is 5.02. The maximum Gasteiger partial charge on any atom is 0.228 e. The van der Waals surface area contributed by atoms with Gasteiger partial charge in [-0.25, -0.2) is 18.7 Å². The highest BCUT2D eigenvalue weighted by atomic mass is 19.1. The number of carbonyl (C=O) groups excluding carboxylic acids is 1. The first-order valence-corrected chi connectivity index (χ1v) is 12.7. The molecule has 0 amide bonds. The summed E-state index contributed by atoms with van der Waals surface area (Å²) >= 11 is 0. The van der Waals surface area contributed by atoms with Gasteiger partial charge < -0.3 is 29.5 Å². The van der Waals surface area contributed by atoms with E-state index in [2.05, 4.69) is 20.2 Å². The van der Waals surface area contributed by atoms with Crippen molar-refractivity contribution in [2.24, 2.45) is 7.05 Å². The molecule has 1 fully saturated rings. The Morgan fingerprint density at radius 3 is 2.55 bits per heavy atom. The number of carbonyl (C=O) groups is 1. The molecular weight excluding hydrogens is 518 g/mol. The molecular formula is C29H26F2N6O3. The zero-order valence-corrected chi connectivity index (χ0v) is 21.8. The zero-order valence-electron chi connectivity index (χ0n) is 21.8. The van der Waals surface area contributed by atoms with E-state index in [1.54, 1.807) is 42.1 Å². The number of fused-ring (bicyclic) bond motifs is 3. The van der Waals surface area contributed by atoms with Gasteiger partial charge in [0.25, 0.3) is 0 Å². The van der Waals surface area contributed by atoms with Gasteiger partial charge in [0.2, 0.25) is 11.7 Å². The van der Waals surface area contributed by atoms with Crippen LogP contribution in [0.15, 0.2) is 72.9 Å². The van der Waals surface area contributed by atoms with E-state index < -0.39 is 17.8 Å². The van der Waals surface area contributed by atoms with Crippen LogP contribution in [-0.2, 0) is 7.05 Å². The number of aryl methyl sites for hydroxylation is 1. The molecule has 4 aromatic rings. The molecule has 2 aromatic heterocycles. The molecule has 4 heterocycles. The molecule has 204 valence electrons. The van der Waals surface area contributed by atoms with Crippen molar-refractivity contribution in [2.45, 2.75) is 13.2 Å². The van der Waals surface area contributed by atoms with Gasteiger partial charge in [0.1, 0.15) is 12.1 Å². The van der Waals surface area contributed by atoms with E-state index in [0.717, 1.165) is 29.5 Å². The van der Waals surface area contributed by atoms with E-state index in [1.807, 2.05) is 24.0 Å². The SMILES string of the molecule is Cc1cc(-c2ccc(F)cc2)c(C(=O)C(O)Nc2ccc3c(c2)OC=C2CN(c4ncc(F)cn4)CCN23)n1C. The number of ketones is 1. The van der Waals surface area contributed by atoms with E-state index >= 15 is 0 Å². The minimum atomic E-state index is -1.53. The van der Waals surface area contributed by atoms with Crippen molar-refractivity contribution in [3.8, 4) is 16.9 Å². The Morgan fingerprint density at radius 1 is 1.05 bits per heavy atom. The van der Waals surface area contributed by atoms with Crippen molar-refractivity contribution in [1.82, 2.24) is 14.5 Å². The van der Waals surface area contributed by atoms with Crippen LogP contribution in [0.1, 0.15) is 16.2 Å². The van der Waals surface area contributed by atoms with Gasteiger partial charge in [-0.2, -0.15) is 0 Å². The Bertz CT molecular complexity index is 1620. The second-order valence-corrected chi connectivity index (χ2v) is 9.71. The number of rotatable bonds is 6. The van der Waals surface area contributed by atoms with Crippen LogP contribution in [0.4, 0.5) is 26.1 Å². The first kappa shape index (κ1) is 25.5. The van der Waals surface area contributed by atoms with Crippen molar-refractivity contribution in [2.75, 3.05) is 34.8 Å². The molecule has 0 bridgehead atoms. The van der Waals surface area contributed by atoms with E-state index in [-0.39, 0.29) is 5.82 Å². The van der Waals surface area contributed by atoms with Gasteiger partial charge in [0, 0.05) is 43.1 Å². The molecule has 2 aromatic carbocycles. The van der Waals surface area contributed by atoms with Crippen LogP contribution in [0, 0.1) is 18.6 Å². The number of anilines is 3. The average molecular weight is 545 g/mol. The molecule has 1 atom stereocenters. The smallest absolute Gasteiger partial charge is 0.228 e. The van der Waals surface area contributed by atoms with E-state index in [9.17, 15) is 18.7 Å². The highest BCUT2D eigenvalue weighted by Gasteiger charge is 2.30. The van der Waals surface area contributed by atoms with Gasteiger partial charge in [0.15, 0.2) is 17.8 Å². The first-order valence-electron chi connectivity index (χ1n) is 12.7. The standard InChI is InChI=1S/C29H26F2N6O3/c1-17-11-23(18-3-5-19(30)6-4-18)26(35(17)2)27(38)28(39)34-21-7-8-24-25(12-21)40-16-22-15-36(9-10-37(22)24)29-32-13-20(31)14-33-29/h3-8,11-14,16,28,34,39H,9-10,15H2,1-2H3. The van der Waals surface area contributed by atoms with Gasteiger partial charge in [0.05, 0.1) is 36.0 Å². The van der Waals surface area contributed by atoms with Crippen molar-refractivity contribution in [1.29, 1.82) is 0 Å². The number of nitrogens with zero attached hydrogens (tertiary/aromatic N) is 5. The Morgan fingerprint density at radius 2 is 1.80 bits per heavy atom. The molecule has 0 spiro atoms. The highest BCUT2D eigenvalue weighted by Crippen LogP contribution is 2.39. The Hall–Kier alpha value is -4.77. The third-order valence-corrected chi connectivity index (χ3v) is 7.17. The number of hydrogen-bond donors (Lipinski definition) is 2. The molecule has 0 saturated carbocycles. The number of ether oxygens (including phenoxy) is 1. The molecule has 6 rings (SSSR count). The normalized spacial score (nSPS) is 15.1. The minimum absolute atomic E-state index is 0.314. The molecule has 2 N–H and O–H groups in total. The second kappa shape index (κ2) is 10.1. The lowest BCUT2D eigenvalue weighted by Gasteiger charge is -2.40. The van der Waals surface area contributed by atoms with E-state index in [4.69, 9.17) is 4.74 Å². The van der Waals surface area contributed by atoms with Gasteiger partial charge in [-0.1, -0.05) is 12.1 Å². The minimum Gasteiger partial charge on any atom is -0.461 e. The predicted octanol–water partition coefficient (Wildman–Crippen LogP) is 4.24. The summed E-state index contributed by atoms with van der Waals surface area (Å²) in [5.41, 5.74) is 4.68. The average Bonchev–Trinajstić information content (AvgIpc) is 3.26. The third kappa shape index (κ3) is 4.64. The van der Waals surface area contributed by atoms with Crippen LogP contribution in [0.25, 0.3) is 11.1 Å². The second-order valence-electron chi connectivity index (χ2n) is 9.71. The fraction of sp³-hybridized carbons (Fsp3) is 0.207. The summed E-state index contributed by atoms with van der Waals surface area (Å²) in [6.45, 7) is 3.61. The largest absolute Gasteiger partial charge is 0.461 e. The monoisotopic (exact) mass is 544 g/mol. The molecule has 11 heteroatoms. The number of aliphatic hydroxyl groups is 1. The van der Waals surface area contributed by atoms with Gasteiger partial charge in [-0.3, -0.25) is 4.79 Å².